The molecule has 0 atom stereocenters. The number of nitrogens with one attached hydrogen (secondary N) is 1. The minimum absolute atomic E-state index is 0.308. The van der Waals surface area contributed by atoms with Crippen molar-refractivity contribution in [1.29, 1.82) is 0 Å². The van der Waals surface area contributed by atoms with E-state index in [9.17, 15) is 14.7 Å². The maximum Gasteiger partial charge on any atom is 0.412 e. The van der Waals surface area contributed by atoms with Gasteiger partial charge >= 0.3 is 6.09 Å². The van der Waals surface area contributed by atoms with Crippen molar-refractivity contribution in [2.45, 2.75) is 26.3 Å². The first kappa shape index (κ1) is 17.3. The van der Waals surface area contributed by atoms with Gasteiger partial charge in [-0.1, -0.05) is 12.1 Å². The van der Waals surface area contributed by atoms with Crippen molar-refractivity contribution < 1.29 is 14.7 Å². The minimum atomic E-state index is -1.05. The van der Waals surface area contributed by atoms with Crippen molar-refractivity contribution in [3.8, 4) is 0 Å². The second-order valence-electron chi connectivity index (χ2n) is 6.42. The fourth-order valence-corrected chi connectivity index (χ4v) is 2.39. The normalized spacial score (nSPS) is 11.0. The van der Waals surface area contributed by atoms with Crippen LogP contribution in [0.5, 0.6) is 0 Å². The van der Waals surface area contributed by atoms with Gasteiger partial charge in [-0.15, -0.1) is 0 Å². The first-order valence-electron chi connectivity index (χ1n) is 7.48. The van der Waals surface area contributed by atoms with Gasteiger partial charge in [0.15, 0.2) is 0 Å². The van der Waals surface area contributed by atoms with Crippen molar-refractivity contribution in [2.75, 3.05) is 16.0 Å². The Morgan fingerprint density at radius 1 is 1.08 bits per heavy atom. The lowest BCUT2D eigenvalue weighted by Gasteiger charge is -2.33. The molecule has 0 bridgehead atoms. The minimum Gasteiger partial charge on any atom is -0.465 e. The Bertz CT molecular complexity index is 766. The summed E-state index contributed by atoms with van der Waals surface area (Å²) >= 11 is 0. The highest BCUT2D eigenvalue weighted by Gasteiger charge is 2.27. The van der Waals surface area contributed by atoms with E-state index in [4.69, 9.17) is 5.73 Å². The lowest BCUT2D eigenvalue weighted by atomic mass is 10.1. The maximum atomic E-state index is 12.3. The van der Waals surface area contributed by atoms with Crippen molar-refractivity contribution in [2.24, 2.45) is 0 Å². The molecule has 6 nitrogen and oxygen atoms in total. The quantitative estimate of drug-likeness (QED) is 0.747. The Hall–Kier alpha value is -3.02. The van der Waals surface area contributed by atoms with Gasteiger partial charge in [0.2, 0.25) is 0 Å². The lowest BCUT2D eigenvalue weighted by Crippen LogP contribution is -2.45. The number of amides is 2. The van der Waals surface area contributed by atoms with E-state index in [1.165, 1.54) is 4.90 Å². The average molecular weight is 327 g/mol. The van der Waals surface area contributed by atoms with Gasteiger partial charge in [0.1, 0.15) is 0 Å². The standard InChI is InChI=1S/C18H21N3O3/c1-18(2,3)21(17(23)24)15-9-5-8-14(11-15)20-16(22)12-6-4-7-13(19)10-12/h4-11H,19H2,1-3H3,(H,20,22)(H,23,24). The number of hydrogen-bond acceptors (Lipinski definition) is 3. The molecule has 0 aromatic heterocycles. The van der Waals surface area contributed by atoms with Crippen LogP contribution in [0.25, 0.3) is 0 Å². The Morgan fingerprint density at radius 3 is 2.33 bits per heavy atom. The number of anilines is 3. The summed E-state index contributed by atoms with van der Waals surface area (Å²) in [4.78, 5) is 25.1. The van der Waals surface area contributed by atoms with Gasteiger partial charge in [-0.05, 0) is 57.2 Å². The van der Waals surface area contributed by atoms with Crippen molar-refractivity contribution >= 4 is 29.1 Å². The zero-order valence-electron chi connectivity index (χ0n) is 13.9. The number of hydrogen-bond donors (Lipinski definition) is 3. The molecule has 6 heteroatoms. The summed E-state index contributed by atoms with van der Waals surface area (Å²) in [6, 6.07) is 13.4. The van der Waals surface area contributed by atoms with Crippen molar-refractivity contribution in [3.63, 3.8) is 0 Å². The molecular formula is C18H21N3O3. The largest absolute Gasteiger partial charge is 0.465 e. The molecule has 0 saturated heterocycles. The molecule has 0 spiro atoms. The molecule has 0 radical (unpaired) electrons. The highest BCUT2D eigenvalue weighted by atomic mass is 16.4. The van der Waals surface area contributed by atoms with Gasteiger partial charge in [-0.2, -0.15) is 0 Å². The van der Waals surface area contributed by atoms with E-state index >= 15 is 0 Å². The molecule has 126 valence electrons. The van der Waals surface area contributed by atoms with Crippen LogP contribution in [0.4, 0.5) is 21.9 Å². The molecule has 0 aliphatic rings. The molecule has 2 amide bonds. The summed E-state index contributed by atoms with van der Waals surface area (Å²) in [6.45, 7) is 5.41. The number of nitrogen functional groups attached to an aromatic ring is 1. The van der Waals surface area contributed by atoms with Crippen LogP contribution in [0, 0.1) is 0 Å². The Morgan fingerprint density at radius 2 is 1.75 bits per heavy atom. The van der Waals surface area contributed by atoms with E-state index in [0.717, 1.165) is 0 Å². The van der Waals surface area contributed by atoms with Gasteiger partial charge < -0.3 is 16.2 Å². The summed E-state index contributed by atoms with van der Waals surface area (Å²) in [7, 11) is 0. The molecule has 24 heavy (non-hydrogen) atoms. The SMILES string of the molecule is CC(C)(C)N(C(=O)O)c1cccc(NC(=O)c2cccc(N)c2)c1. The number of carbonyl (C=O) groups is 2. The molecule has 0 saturated carbocycles. The van der Waals surface area contributed by atoms with Gasteiger partial charge in [0.25, 0.3) is 5.91 Å². The lowest BCUT2D eigenvalue weighted by molar-refractivity contribution is 0.102. The molecular weight excluding hydrogens is 306 g/mol. The summed E-state index contributed by atoms with van der Waals surface area (Å²) in [5.41, 5.74) is 7.01. The Kier molecular flexibility index (Phi) is 4.78. The first-order chi connectivity index (χ1) is 11.2. The average Bonchev–Trinajstić information content (AvgIpc) is 2.45. The monoisotopic (exact) mass is 327 g/mol. The van der Waals surface area contributed by atoms with Crippen LogP contribution in [-0.4, -0.2) is 22.6 Å². The van der Waals surface area contributed by atoms with Crippen LogP contribution in [-0.2, 0) is 0 Å². The topological polar surface area (TPSA) is 95.7 Å². The number of carboxylic acid groups (broad SMARTS) is 1. The maximum absolute atomic E-state index is 12.3. The predicted molar refractivity (Wildman–Crippen MR) is 95.5 cm³/mol. The second kappa shape index (κ2) is 6.62. The summed E-state index contributed by atoms with van der Waals surface area (Å²) in [5.74, 6) is -0.308. The third-order valence-corrected chi connectivity index (χ3v) is 3.37. The molecule has 0 aliphatic heterocycles. The molecule has 0 fully saturated rings. The summed E-state index contributed by atoms with van der Waals surface area (Å²) in [5, 5.41) is 12.2. The Balaban J connectivity index is 2.27. The van der Waals surface area contributed by atoms with Crippen LogP contribution < -0.4 is 16.0 Å². The smallest absolute Gasteiger partial charge is 0.412 e. The van der Waals surface area contributed by atoms with E-state index in [1.54, 1.807) is 69.3 Å². The van der Waals surface area contributed by atoms with Crippen LogP contribution in [0.1, 0.15) is 31.1 Å². The number of rotatable bonds is 3. The number of nitrogens with two attached hydrogens (primary N) is 1. The highest BCUT2D eigenvalue weighted by molar-refractivity contribution is 6.05. The van der Waals surface area contributed by atoms with E-state index < -0.39 is 11.6 Å². The molecule has 0 aliphatic carbocycles. The predicted octanol–water partition coefficient (Wildman–Crippen LogP) is 3.80. The number of benzene rings is 2. The first-order valence-corrected chi connectivity index (χ1v) is 7.48. The number of carbonyl (C=O) groups excluding carboxylic acids is 1. The third-order valence-electron chi connectivity index (χ3n) is 3.37. The van der Waals surface area contributed by atoms with E-state index in [-0.39, 0.29) is 5.91 Å². The van der Waals surface area contributed by atoms with Gasteiger partial charge in [-0.25, -0.2) is 4.79 Å². The zero-order chi connectivity index (χ0) is 17.9. The summed E-state index contributed by atoms with van der Waals surface area (Å²) < 4.78 is 0. The van der Waals surface area contributed by atoms with E-state index in [1.807, 2.05) is 0 Å². The molecule has 2 rings (SSSR count). The van der Waals surface area contributed by atoms with Crippen molar-refractivity contribution in [1.82, 2.24) is 0 Å². The van der Waals surface area contributed by atoms with Gasteiger partial charge in [-0.3, -0.25) is 9.69 Å². The Labute approximate surface area is 140 Å². The summed E-state index contributed by atoms with van der Waals surface area (Å²) in [6.07, 6.45) is -1.05. The van der Waals surface area contributed by atoms with Crippen LogP contribution in [0.2, 0.25) is 0 Å². The van der Waals surface area contributed by atoms with Crippen LogP contribution >= 0.6 is 0 Å². The van der Waals surface area contributed by atoms with E-state index in [0.29, 0.717) is 22.6 Å². The van der Waals surface area contributed by atoms with Gasteiger partial charge in [0.05, 0.1) is 0 Å². The second-order valence-corrected chi connectivity index (χ2v) is 6.42. The van der Waals surface area contributed by atoms with Gasteiger partial charge in [0, 0.05) is 28.2 Å². The molecule has 0 heterocycles. The van der Waals surface area contributed by atoms with Crippen LogP contribution in [0.15, 0.2) is 48.5 Å². The zero-order valence-corrected chi connectivity index (χ0v) is 13.9. The fourth-order valence-electron chi connectivity index (χ4n) is 2.39. The molecule has 2 aromatic carbocycles. The van der Waals surface area contributed by atoms with E-state index in [2.05, 4.69) is 5.32 Å². The molecule has 4 N–H and O–H groups in total. The van der Waals surface area contributed by atoms with Crippen molar-refractivity contribution in [3.05, 3.63) is 54.1 Å². The fraction of sp³-hybridized carbons (Fsp3) is 0.222. The number of nitrogens with zero attached hydrogens (tertiary/aromatic N) is 1. The third kappa shape index (κ3) is 4.04. The highest BCUT2D eigenvalue weighted by Crippen LogP contribution is 2.26. The molecule has 0 unspecified atom stereocenters. The van der Waals surface area contributed by atoms with Crippen LogP contribution in [0.3, 0.4) is 0 Å². The molecule has 2 aromatic rings.